The van der Waals surface area contributed by atoms with Crippen LogP contribution in [0.3, 0.4) is 0 Å². The van der Waals surface area contributed by atoms with E-state index >= 15 is 0 Å². The molecule has 6 heteroatoms. The van der Waals surface area contributed by atoms with Gasteiger partial charge in [0.2, 0.25) is 0 Å². The number of alkyl halides is 3. The molecule has 1 unspecified atom stereocenters. The van der Waals surface area contributed by atoms with E-state index in [2.05, 4.69) is 0 Å². The molecule has 126 valence electrons. The first-order chi connectivity index (χ1) is 11.5. The highest BCUT2D eigenvalue weighted by Gasteiger charge is 2.48. The van der Waals surface area contributed by atoms with E-state index in [1.54, 1.807) is 42.5 Å². The summed E-state index contributed by atoms with van der Waals surface area (Å²) in [7, 11) is 0. The van der Waals surface area contributed by atoms with Crippen molar-refractivity contribution in [2.75, 3.05) is 4.90 Å². The molecule has 0 saturated carbocycles. The number of ether oxygens (including phenoxy) is 1. The van der Waals surface area contributed by atoms with E-state index < -0.39 is 18.3 Å². The highest BCUT2D eigenvalue weighted by molar-refractivity contribution is 5.90. The molecule has 0 bridgehead atoms. The lowest BCUT2D eigenvalue weighted by atomic mass is 9.96. The van der Waals surface area contributed by atoms with Gasteiger partial charge in [0.15, 0.2) is 0 Å². The van der Waals surface area contributed by atoms with Crippen molar-refractivity contribution in [2.24, 2.45) is 0 Å². The number of amides is 1. The number of anilines is 1. The molecule has 0 spiro atoms. The van der Waals surface area contributed by atoms with Crippen LogP contribution in [0.2, 0.25) is 0 Å². The third-order valence-electron chi connectivity index (χ3n) is 4.03. The van der Waals surface area contributed by atoms with Crippen molar-refractivity contribution in [3.8, 4) is 0 Å². The number of para-hydroxylation sites is 1. The van der Waals surface area contributed by atoms with Gasteiger partial charge in [0.25, 0.3) is 0 Å². The number of fused-ring (bicyclic) bond motifs is 1. The van der Waals surface area contributed by atoms with Gasteiger partial charge in [-0.2, -0.15) is 13.2 Å². The average Bonchev–Trinajstić information content (AvgIpc) is 2.58. The Bertz CT molecular complexity index is 716. The summed E-state index contributed by atoms with van der Waals surface area (Å²) in [5.74, 6) is 0. The Hall–Kier alpha value is -2.50. The second-order valence-electron chi connectivity index (χ2n) is 5.63. The summed E-state index contributed by atoms with van der Waals surface area (Å²) in [4.78, 5) is 13.1. The van der Waals surface area contributed by atoms with Gasteiger partial charge in [-0.3, -0.25) is 4.90 Å². The van der Waals surface area contributed by atoms with E-state index in [9.17, 15) is 18.0 Å². The number of nitrogens with zero attached hydrogens (tertiary/aromatic N) is 1. The molecule has 3 rings (SSSR count). The van der Waals surface area contributed by atoms with Crippen LogP contribution in [-0.4, -0.2) is 18.3 Å². The van der Waals surface area contributed by atoms with Gasteiger partial charge in [-0.15, -0.1) is 0 Å². The second kappa shape index (κ2) is 6.55. The SMILES string of the molecule is O=C(OCc1ccccc1)N1c2ccccc2CCC1C(F)(F)F. The maximum atomic E-state index is 13.4. The van der Waals surface area contributed by atoms with Crippen LogP contribution in [0, 0.1) is 0 Å². The van der Waals surface area contributed by atoms with Gasteiger partial charge < -0.3 is 4.74 Å². The van der Waals surface area contributed by atoms with Crippen LogP contribution in [0.25, 0.3) is 0 Å². The van der Waals surface area contributed by atoms with Crippen LogP contribution in [0.15, 0.2) is 54.6 Å². The van der Waals surface area contributed by atoms with Gasteiger partial charge in [0, 0.05) is 0 Å². The van der Waals surface area contributed by atoms with E-state index in [1.807, 2.05) is 6.07 Å². The number of aryl methyl sites for hydroxylation is 1. The van der Waals surface area contributed by atoms with Crippen molar-refractivity contribution in [2.45, 2.75) is 31.7 Å². The average molecular weight is 335 g/mol. The maximum Gasteiger partial charge on any atom is 0.415 e. The molecule has 3 nitrogen and oxygen atoms in total. The number of hydrogen-bond acceptors (Lipinski definition) is 2. The number of carbonyl (C=O) groups excluding carboxylic acids is 1. The molecule has 0 aliphatic carbocycles. The fraction of sp³-hybridized carbons (Fsp3) is 0.278. The topological polar surface area (TPSA) is 29.5 Å². The third-order valence-corrected chi connectivity index (χ3v) is 4.03. The summed E-state index contributed by atoms with van der Waals surface area (Å²) in [6.45, 7) is -0.0666. The predicted molar refractivity (Wildman–Crippen MR) is 83.7 cm³/mol. The van der Waals surface area contributed by atoms with Crippen molar-refractivity contribution in [1.29, 1.82) is 0 Å². The van der Waals surface area contributed by atoms with E-state index in [4.69, 9.17) is 4.74 Å². The molecular formula is C18H16F3NO2. The number of benzene rings is 2. The Morgan fingerprint density at radius 3 is 2.46 bits per heavy atom. The zero-order valence-electron chi connectivity index (χ0n) is 12.8. The van der Waals surface area contributed by atoms with Crippen LogP contribution < -0.4 is 4.90 Å². The van der Waals surface area contributed by atoms with Crippen molar-refractivity contribution in [1.82, 2.24) is 0 Å². The minimum absolute atomic E-state index is 0.0666. The zero-order chi connectivity index (χ0) is 17.2. The third kappa shape index (κ3) is 3.37. The Balaban J connectivity index is 1.85. The molecule has 0 N–H and O–H groups in total. The van der Waals surface area contributed by atoms with Crippen LogP contribution in [0.4, 0.5) is 23.7 Å². The fourth-order valence-corrected chi connectivity index (χ4v) is 2.87. The highest BCUT2D eigenvalue weighted by Crippen LogP contribution is 2.38. The molecule has 0 aromatic heterocycles. The molecule has 2 aromatic carbocycles. The number of hydrogen-bond donors (Lipinski definition) is 0. The molecule has 0 saturated heterocycles. The first kappa shape index (κ1) is 16.4. The molecule has 24 heavy (non-hydrogen) atoms. The quantitative estimate of drug-likeness (QED) is 0.796. The normalized spacial score (nSPS) is 17.3. The van der Waals surface area contributed by atoms with E-state index in [0.717, 1.165) is 16.0 Å². The fourth-order valence-electron chi connectivity index (χ4n) is 2.87. The van der Waals surface area contributed by atoms with Crippen LogP contribution in [-0.2, 0) is 17.8 Å². The summed E-state index contributed by atoms with van der Waals surface area (Å²) < 4.78 is 45.2. The van der Waals surface area contributed by atoms with Crippen LogP contribution >= 0.6 is 0 Å². The Labute approximate surface area is 137 Å². The Kier molecular flexibility index (Phi) is 4.46. The second-order valence-corrected chi connectivity index (χ2v) is 5.63. The standard InChI is InChI=1S/C18H16F3NO2/c19-18(20,21)16-11-10-14-8-4-5-9-15(14)22(16)17(23)24-12-13-6-2-1-3-7-13/h1-9,16H,10-12H2. The lowest BCUT2D eigenvalue weighted by Gasteiger charge is -2.37. The Morgan fingerprint density at radius 1 is 1.08 bits per heavy atom. The smallest absolute Gasteiger partial charge is 0.415 e. The summed E-state index contributed by atoms with van der Waals surface area (Å²) in [5, 5.41) is 0. The minimum Gasteiger partial charge on any atom is -0.444 e. The van der Waals surface area contributed by atoms with Crippen LogP contribution in [0.5, 0.6) is 0 Å². The molecule has 1 atom stereocenters. The number of carbonyl (C=O) groups is 1. The van der Waals surface area contributed by atoms with Gasteiger partial charge in [-0.25, -0.2) is 4.79 Å². The lowest BCUT2D eigenvalue weighted by Crippen LogP contribution is -2.51. The maximum absolute atomic E-state index is 13.4. The lowest BCUT2D eigenvalue weighted by molar-refractivity contribution is -0.150. The molecule has 1 aliphatic rings. The van der Waals surface area contributed by atoms with Crippen LogP contribution in [0.1, 0.15) is 17.5 Å². The number of halogens is 3. The zero-order valence-corrected chi connectivity index (χ0v) is 12.8. The Morgan fingerprint density at radius 2 is 1.75 bits per heavy atom. The molecule has 0 fully saturated rings. The summed E-state index contributed by atoms with van der Waals surface area (Å²) in [6.07, 6.45) is -5.36. The predicted octanol–water partition coefficient (Wildman–Crippen LogP) is 4.71. The van der Waals surface area contributed by atoms with E-state index in [1.165, 1.54) is 6.07 Å². The van der Waals surface area contributed by atoms with Crippen molar-refractivity contribution in [3.05, 3.63) is 65.7 Å². The minimum atomic E-state index is -4.50. The summed E-state index contributed by atoms with van der Waals surface area (Å²) in [6, 6.07) is 13.6. The van der Waals surface area contributed by atoms with Gasteiger partial charge >= 0.3 is 12.3 Å². The van der Waals surface area contributed by atoms with Crippen molar-refractivity contribution in [3.63, 3.8) is 0 Å². The molecule has 1 heterocycles. The molecular weight excluding hydrogens is 319 g/mol. The highest BCUT2D eigenvalue weighted by atomic mass is 19.4. The first-order valence-corrected chi connectivity index (χ1v) is 7.61. The first-order valence-electron chi connectivity index (χ1n) is 7.61. The van der Waals surface area contributed by atoms with Crippen molar-refractivity contribution >= 4 is 11.8 Å². The van der Waals surface area contributed by atoms with Gasteiger partial charge in [0.05, 0.1) is 5.69 Å². The van der Waals surface area contributed by atoms with Gasteiger partial charge in [0.1, 0.15) is 12.6 Å². The van der Waals surface area contributed by atoms with Gasteiger partial charge in [-0.1, -0.05) is 48.5 Å². The largest absolute Gasteiger partial charge is 0.444 e. The molecule has 1 amide bonds. The number of rotatable bonds is 2. The molecule has 1 aliphatic heterocycles. The van der Waals surface area contributed by atoms with Gasteiger partial charge in [-0.05, 0) is 30.0 Å². The molecule has 0 radical (unpaired) electrons. The van der Waals surface area contributed by atoms with E-state index in [0.29, 0.717) is 0 Å². The van der Waals surface area contributed by atoms with E-state index in [-0.39, 0.29) is 25.1 Å². The summed E-state index contributed by atoms with van der Waals surface area (Å²) >= 11 is 0. The van der Waals surface area contributed by atoms with Crippen molar-refractivity contribution < 1.29 is 22.7 Å². The monoisotopic (exact) mass is 335 g/mol. The molecule has 2 aromatic rings. The summed E-state index contributed by atoms with van der Waals surface area (Å²) in [5.41, 5.74) is 1.71.